The Balaban J connectivity index is 0.000000369. The van der Waals surface area contributed by atoms with Gasteiger partial charge in [-0.1, -0.05) is 60.5 Å². The second kappa shape index (κ2) is 14.3. The molecule has 0 saturated carbocycles. The number of imidazole rings is 1. The third-order valence-corrected chi connectivity index (χ3v) is 9.47. The summed E-state index contributed by atoms with van der Waals surface area (Å²) in [6.45, 7) is 10.3. The van der Waals surface area contributed by atoms with Crippen LogP contribution in [0.1, 0.15) is 40.6 Å². The van der Waals surface area contributed by atoms with Crippen LogP contribution in [-0.2, 0) is 33.0 Å². The van der Waals surface area contributed by atoms with Gasteiger partial charge in [0.1, 0.15) is 5.82 Å². The summed E-state index contributed by atoms with van der Waals surface area (Å²) >= 11 is 0. The molecule has 12 heteroatoms. The average Bonchev–Trinajstić information content (AvgIpc) is 3.36. The first-order valence-corrected chi connectivity index (χ1v) is 17.6. The Morgan fingerprint density at radius 3 is 1.89 bits per heavy atom. The number of aromatic nitrogens is 2. The minimum Gasteiger partial charge on any atom is -0.337 e. The molecule has 5 aromatic rings. The van der Waals surface area contributed by atoms with E-state index in [1.807, 2.05) is 26.0 Å². The molecule has 0 unspecified atom stereocenters. The van der Waals surface area contributed by atoms with Crippen molar-refractivity contribution in [3.05, 3.63) is 119 Å². The van der Waals surface area contributed by atoms with Crippen LogP contribution in [0.5, 0.6) is 0 Å². The predicted molar refractivity (Wildman–Crippen MR) is 180 cm³/mol. The summed E-state index contributed by atoms with van der Waals surface area (Å²) in [6.07, 6.45) is 1.39. The van der Waals surface area contributed by atoms with Crippen molar-refractivity contribution < 1.29 is 26.2 Å². The van der Waals surface area contributed by atoms with E-state index in [0.717, 1.165) is 45.7 Å². The van der Waals surface area contributed by atoms with Crippen LogP contribution in [0.25, 0.3) is 16.7 Å². The Hall–Kier alpha value is -4.52. The molecule has 1 aromatic heterocycles. The van der Waals surface area contributed by atoms with Gasteiger partial charge in [0.25, 0.3) is 20.1 Å². The molecule has 46 heavy (non-hydrogen) atoms. The average molecular weight is 663 g/mol. The summed E-state index contributed by atoms with van der Waals surface area (Å²) in [4.78, 5) is 17.0. The van der Waals surface area contributed by atoms with Crippen LogP contribution in [0, 0.1) is 27.7 Å². The lowest BCUT2D eigenvalue weighted by molar-refractivity contribution is 0.246. The molecule has 0 aliphatic carbocycles. The SMILES string of the molecule is CCc1nc2c(C)cc(C)cc2n1-c1ccc(CCNC(=O)NS(=O)(=O)c2ccc(C)cc2)cc1.Cc1ccc(S(=O)(=O)O)cc1. The van der Waals surface area contributed by atoms with Gasteiger partial charge in [0.15, 0.2) is 0 Å². The zero-order chi connectivity index (χ0) is 33.6. The largest absolute Gasteiger partial charge is 0.337 e. The monoisotopic (exact) mass is 662 g/mol. The Morgan fingerprint density at radius 1 is 0.783 bits per heavy atom. The fourth-order valence-electron chi connectivity index (χ4n) is 4.87. The zero-order valence-corrected chi connectivity index (χ0v) is 28.0. The van der Waals surface area contributed by atoms with Crippen molar-refractivity contribution in [2.75, 3.05) is 6.54 Å². The summed E-state index contributed by atoms with van der Waals surface area (Å²) < 4.78 is 58.5. The van der Waals surface area contributed by atoms with Crippen LogP contribution >= 0.6 is 0 Å². The molecule has 0 aliphatic heterocycles. The normalized spacial score (nSPS) is 11.5. The van der Waals surface area contributed by atoms with Gasteiger partial charge in [0.05, 0.1) is 20.8 Å². The van der Waals surface area contributed by atoms with E-state index < -0.39 is 26.2 Å². The van der Waals surface area contributed by atoms with Crippen molar-refractivity contribution >= 4 is 37.2 Å². The molecular weight excluding hydrogens is 625 g/mol. The molecule has 0 saturated heterocycles. The number of hydrogen-bond donors (Lipinski definition) is 3. The minimum atomic E-state index is -4.02. The van der Waals surface area contributed by atoms with E-state index in [4.69, 9.17) is 9.54 Å². The number of hydrogen-bond acceptors (Lipinski definition) is 6. The van der Waals surface area contributed by atoms with Crippen LogP contribution in [0.2, 0.25) is 0 Å². The van der Waals surface area contributed by atoms with Crippen LogP contribution in [0.4, 0.5) is 4.79 Å². The number of rotatable bonds is 8. The van der Waals surface area contributed by atoms with Gasteiger partial charge < -0.3 is 5.32 Å². The molecule has 0 aliphatic rings. The van der Waals surface area contributed by atoms with Gasteiger partial charge in [-0.3, -0.25) is 9.12 Å². The van der Waals surface area contributed by atoms with E-state index >= 15 is 0 Å². The van der Waals surface area contributed by atoms with Crippen LogP contribution < -0.4 is 10.0 Å². The number of nitrogens with zero attached hydrogens (tertiary/aromatic N) is 2. The fraction of sp³-hybridized carbons (Fsp3) is 0.235. The second-order valence-corrected chi connectivity index (χ2v) is 14.1. The van der Waals surface area contributed by atoms with Gasteiger partial charge in [0.2, 0.25) is 0 Å². The lowest BCUT2D eigenvalue weighted by Gasteiger charge is -2.11. The molecule has 2 amide bonds. The lowest BCUT2D eigenvalue weighted by Crippen LogP contribution is -2.40. The molecule has 10 nitrogen and oxygen atoms in total. The highest BCUT2D eigenvalue weighted by Gasteiger charge is 2.17. The molecule has 0 atom stereocenters. The van der Waals surface area contributed by atoms with E-state index in [9.17, 15) is 21.6 Å². The van der Waals surface area contributed by atoms with Crippen molar-refractivity contribution in [1.29, 1.82) is 0 Å². The highest BCUT2D eigenvalue weighted by Crippen LogP contribution is 2.26. The Labute approximate surface area is 270 Å². The van der Waals surface area contributed by atoms with E-state index in [1.54, 1.807) is 24.3 Å². The summed E-state index contributed by atoms with van der Waals surface area (Å²) in [5.41, 5.74) is 8.45. The van der Waals surface area contributed by atoms with Gasteiger partial charge in [-0.2, -0.15) is 8.42 Å². The third-order valence-electron chi connectivity index (χ3n) is 7.25. The minimum absolute atomic E-state index is 0.0534. The van der Waals surface area contributed by atoms with Gasteiger partial charge in [-0.15, -0.1) is 0 Å². The van der Waals surface area contributed by atoms with Crippen LogP contribution in [0.3, 0.4) is 0 Å². The first kappa shape index (κ1) is 34.4. The maximum atomic E-state index is 12.3. The van der Waals surface area contributed by atoms with Gasteiger partial charge in [-0.25, -0.2) is 22.9 Å². The van der Waals surface area contributed by atoms with Gasteiger partial charge in [0, 0.05) is 18.7 Å². The van der Waals surface area contributed by atoms with E-state index in [1.165, 1.54) is 35.4 Å². The molecule has 0 radical (unpaired) electrons. The Kier molecular flexibility index (Phi) is 10.7. The third kappa shape index (κ3) is 8.59. The van der Waals surface area contributed by atoms with Crippen LogP contribution in [-0.4, -0.2) is 43.5 Å². The maximum absolute atomic E-state index is 12.3. The molecule has 0 fully saturated rings. The predicted octanol–water partition coefficient (Wildman–Crippen LogP) is 5.99. The number of nitrogens with one attached hydrogen (secondary N) is 2. The summed E-state index contributed by atoms with van der Waals surface area (Å²) in [5, 5.41) is 2.62. The van der Waals surface area contributed by atoms with Crippen molar-refractivity contribution in [3.63, 3.8) is 0 Å². The summed E-state index contributed by atoms with van der Waals surface area (Å²) in [7, 11) is -7.92. The molecule has 1 heterocycles. The molecule has 242 valence electrons. The number of carbonyl (C=O) groups excluding carboxylic acids is 1. The zero-order valence-electron chi connectivity index (χ0n) is 26.4. The number of benzene rings is 4. The van der Waals surface area contributed by atoms with Crippen molar-refractivity contribution in [1.82, 2.24) is 19.6 Å². The number of aryl methyl sites for hydroxylation is 5. The highest BCUT2D eigenvalue weighted by atomic mass is 32.2. The molecule has 0 spiro atoms. The number of sulfonamides is 1. The molecular formula is C34H38N4O6S2. The van der Waals surface area contributed by atoms with E-state index in [0.29, 0.717) is 13.0 Å². The second-order valence-electron chi connectivity index (χ2n) is 11.0. The van der Waals surface area contributed by atoms with Crippen LogP contribution in [0.15, 0.2) is 94.7 Å². The number of carbonyl (C=O) groups is 1. The quantitative estimate of drug-likeness (QED) is 0.173. The number of fused-ring (bicyclic) bond motifs is 1. The lowest BCUT2D eigenvalue weighted by atomic mass is 10.1. The van der Waals surface area contributed by atoms with Gasteiger partial charge in [-0.05, 0) is 93.3 Å². The van der Waals surface area contributed by atoms with Crippen molar-refractivity contribution in [3.8, 4) is 5.69 Å². The summed E-state index contributed by atoms with van der Waals surface area (Å²) in [6, 6.07) is 24.0. The standard InChI is InChI=1S/C27H30N4O3S.C7H8O3S/c1-5-25-29-26-20(4)16-19(3)17-24(26)31(25)22-10-8-21(9-11-22)14-15-28-27(32)30-35(33,34)23-12-6-18(2)7-13-23;1-6-2-4-7(5-3-6)11(8,9)10/h6-13,16-17H,5,14-15H2,1-4H3,(H2,28,30,32);2-5H,1H3,(H,8,9,10). The maximum Gasteiger partial charge on any atom is 0.328 e. The highest BCUT2D eigenvalue weighted by molar-refractivity contribution is 7.90. The first-order chi connectivity index (χ1) is 21.7. The smallest absolute Gasteiger partial charge is 0.328 e. The van der Waals surface area contributed by atoms with E-state index in [2.05, 4.69) is 59.6 Å². The molecule has 3 N–H and O–H groups in total. The molecule has 4 aromatic carbocycles. The summed E-state index contributed by atoms with van der Waals surface area (Å²) in [5.74, 6) is 1.01. The van der Waals surface area contributed by atoms with Crippen molar-refractivity contribution in [2.24, 2.45) is 0 Å². The Morgan fingerprint density at radius 2 is 1.35 bits per heavy atom. The topological polar surface area (TPSA) is 147 Å². The molecule has 0 bridgehead atoms. The van der Waals surface area contributed by atoms with E-state index in [-0.39, 0.29) is 9.79 Å². The first-order valence-electron chi connectivity index (χ1n) is 14.7. The number of amides is 2. The fourth-order valence-corrected chi connectivity index (χ4v) is 6.28. The number of urea groups is 1. The van der Waals surface area contributed by atoms with Crippen molar-refractivity contribution in [2.45, 2.75) is 57.3 Å². The van der Waals surface area contributed by atoms with Gasteiger partial charge >= 0.3 is 6.03 Å². The Bertz CT molecular complexity index is 2050. The molecule has 5 rings (SSSR count).